The van der Waals surface area contributed by atoms with Gasteiger partial charge in [0.15, 0.2) is 0 Å². The molecule has 0 spiro atoms. The third-order valence-corrected chi connectivity index (χ3v) is 4.05. The van der Waals surface area contributed by atoms with Crippen LogP contribution in [0.1, 0.15) is 19.8 Å². The molecule has 1 rings (SSSR count). The number of hydrogen-bond donors (Lipinski definition) is 0. The molecule has 0 unspecified atom stereocenters. The maximum Gasteiger partial charge on any atom is 0.211 e. The Kier molecular flexibility index (Phi) is 2.99. The van der Waals surface area contributed by atoms with Crippen molar-refractivity contribution in [3.05, 3.63) is 0 Å². The Balaban J connectivity index is 2.58. The average molecular weight is 207 g/mol. The third-order valence-electron chi connectivity index (χ3n) is 2.74. The lowest BCUT2D eigenvalue weighted by Crippen LogP contribution is -2.45. The van der Waals surface area contributed by atoms with Gasteiger partial charge >= 0.3 is 0 Å². The van der Waals surface area contributed by atoms with Gasteiger partial charge in [0, 0.05) is 20.2 Å². The smallest absolute Gasteiger partial charge is 0.211 e. The number of methoxy groups -OCH3 is 1. The van der Waals surface area contributed by atoms with Gasteiger partial charge in [-0.2, -0.15) is 0 Å². The van der Waals surface area contributed by atoms with Gasteiger partial charge in [0.1, 0.15) is 0 Å². The topological polar surface area (TPSA) is 46.6 Å². The summed E-state index contributed by atoms with van der Waals surface area (Å²) >= 11 is 0. The Bertz CT molecular complexity index is 265. The van der Waals surface area contributed by atoms with E-state index in [1.807, 2.05) is 6.92 Å². The molecule has 0 amide bonds. The van der Waals surface area contributed by atoms with Crippen molar-refractivity contribution >= 4 is 10.0 Å². The van der Waals surface area contributed by atoms with Crippen molar-refractivity contribution in [3.8, 4) is 0 Å². The van der Waals surface area contributed by atoms with E-state index in [9.17, 15) is 8.42 Å². The van der Waals surface area contributed by atoms with Crippen LogP contribution in [0.15, 0.2) is 0 Å². The molecule has 1 heterocycles. The standard InChI is InChI=1S/C8H17NO3S/c1-8(12-2)4-6-9(7-5-8)13(3,10)11/h4-7H2,1-3H3. The molecule has 0 aliphatic carbocycles. The lowest BCUT2D eigenvalue weighted by molar-refractivity contribution is -0.0298. The summed E-state index contributed by atoms with van der Waals surface area (Å²) in [6.07, 6.45) is 2.80. The molecule has 78 valence electrons. The normalized spacial score (nSPS) is 24.5. The van der Waals surface area contributed by atoms with Crippen LogP contribution in [0.2, 0.25) is 0 Å². The van der Waals surface area contributed by atoms with Gasteiger partial charge in [-0.3, -0.25) is 0 Å². The highest BCUT2D eigenvalue weighted by atomic mass is 32.2. The minimum Gasteiger partial charge on any atom is -0.378 e. The second kappa shape index (κ2) is 3.55. The van der Waals surface area contributed by atoms with Crippen LogP contribution in [-0.2, 0) is 14.8 Å². The highest BCUT2D eigenvalue weighted by Gasteiger charge is 2.32. The molecule has 0 atom stereocenters. The summed E-state index contributed by atoms with van der Waals surface area (Å²) in [4.78, 5) is 0. The van der Waals surface area contributed by atoms with Gasteiger partial charge in [-0.1, -0.05) is 0 Å². The molecule has 4 nitrogen and oxygen atoms in total. The van der Waals surface area contributed by atoms with Crippen molar-refractivity contribution in [2.75, 3.05) is 26.5 Å². The summed E-state index contributed by atoms with van der Waals surface area (Å²) in [6, 6.07) is 0. The van der Waals surface area contributed by atoms with Crippen LogP contribution < -0.4 is 0 Å². The molecule has 0 aromatic heterocycles. The first-order valence-electron chi connectivity index (χ1n) is 4.38. The maximum absolute atomic E-state index is 11.2. The van der Waals surface area contributed by atoms with Crippen molar-refractivity contribution < 1.29 is 13.2 Å². The lowest BCUT2D eigenvalue weighted by Gasteiger charge is -2.37. The van der Waals surface area contributed by atoms with Crippen LogP contribution in [0.4, 0.5) is 0 Å². The molecule has 13 heavy (non-hydrogen) atoms. The second-order valence-corrected chi connectivity index (χ2v) is 5.80. The van der Waals surface area contributed by atoms with Gasteiger partial charge in [-0.15, -0.1) is 0 Å². The van der Waals surface area contributed by atoms with Gasteiger partial charge in [0.05, 0.1) is 11.9 Å². The minimum absolute atomic E-state index is 0.138. The fourth-order valence-corrected chi connectivity index (χ4v) is 2.34. The van der Waals surface area contributed by atoms with E-state index in [0.29, 0.717) is 13.1 Å². The van der Waals surface area contributed by atoms with Crippen molar-refractivity contribution in [2.24, 2.45) is 0 Å². The van der Waals surface area contributed by atoms with E-state index in [0.717, 1.165) is 12.8 Å². The molecule has 1 fully saturated rings. The van der Waals surface area contributed by atoms with E-state index in [2.05, 4.69) is 0 Å². The highest BCUT2D eigenvalue weighted by molar-refractivity contribution is 7.88. The SMILES string of the molecule is COC1(C)CCN(S(C)(=O)=O)CC1. The summed E-state index contributed by atoms with van der Waals surface area (Å²) in [5.74, 6) is 0. The predicted molar refractivity (Wildman–Crippen MR) is 51.1 cm³/mol. The van der Waals surface area contributed by atoms with E-state index in [1.165, 1.54) is 10.6 Å². The number of sulfonamides is 1. The first kappa shape index (κ1) is 10.9. The van der Waals surface area contributed by atoms with Crippen molar-refractivity contribution in [1.29, 1.82) is 0 Å². The first-order valence-corrected chi connectivity index (χ1v) is 6.22. The Morgan fingerprint density at radius 1 is 1.31 bits per heavy atom. The minimum atomic E-state index is -3.01. The highest BCUT2D eigenvalue weighted by Crippen LogP contribution is 2.25. The van der Waals surface area contributed by atoms with Gasteiger partial charge in [0.25, 0.3) is 0 Å². The van der Waals surface area contributed by atoms with Crippen LogP contribution >= 0.6 is 0 Å². The zero-order valence-electron chi connectivity index (χ0n) is 8.41. The maximum atomic E-state index is 11.2. The van der Waals surface area contributed by atoms with Crippen LogP contribution in [-0.4, -0.2) is 44.8 Å². The molecule has 0 saturated carbocycles. The van der Waals surface area contributed by atoms with E-state index < -0.39 is 10.0 Å². The van der Waals surface area contributed by atoms with Gasteiger partial charge in [-0.25, -0.2) is 12.7 Å². The van der Waals surface area contributed by atoms with Crippen LogP contribution in [0.25, 0.3) is 0 Å². The first-order chi connectivity index (χ1) is 5.87. The molecular weight excluding hydrogens is 190 g/mol. The molecule has 0 aromatic carbocycles. The fraction of sp³-hybridized carbons (Fsp3) is 1.00. The van der Waals surface area contributed by atoms with Gasteiger partial charge in [-0.05, 0) is 19.8 Å². The summed E-state index contributed by atoms with van der Waals surface area (Å²) in [7, 11) is -1.33. The summed E-state index contributed by atoms with van der Waals surface area (Å²) in [5, 5.41) is 0. The van der Waals surface area contributed by atoms with E-state index in [4.69, 9.17) is 4.74 Å². The zero-order valence-corrected chi connectivity index (χ0v) is 9.23. The lowest BCUT2D eigenvalue weighted by atomic mass is 9.95. The quantitative estimate of drug-likeness (QED) is 0.660. The Labute approximate surface area is 79.9 Å². The van der Waals surface area contributed by atoms with E-state index >= 15 is 0 Å². The van der Waals surface area contributed by atoms with Crippen molar-refractivity contribution in [2.45, 2.75) is 25.4 Å². The Morgan fingerprint density at radius 3 is 2.08 bits per heavy atom. The zero-order chi connectivity index (χ0) is 10.1. The summed E-state index contributed by atoms with van der Waals surface area (Å²) < 4.78 is 29.2. The van der Waals surface area contributed by atoms with E-state index in [-0.39, 0.29) is 5.60 Å². The summed E-state index contributed by atoms with van der Waals surface area (Å²) in [5.41, 5.74) is -0.138. The fourth-order valence-electron chi connectivity index (χ4n) is 1.49. The predicted octanol–water partition coefficient (Wildman–Crippen LogP) is 0.447. The number of nitrogens with zero attached hydrogens (tertiary/aromatic N) is 1. The molecule has 0 radical (unpaired) electrons. The molecule has 1 saturated heterocycles. The largest absolute Gasteiger partial charge is 0.378 e. The number of piperidine rings is 1. The second-order valence-electron chi connectivity index (χ2n) is 3.82. The molecule has 0 N–H and O–H groups in total. The third kappa shape index (κ3) is 2.65. The molecule has 0 bridgehead atoms. The molecule has 5 heteroatoms. The monoisotopic (exact) mass is 207 g/mol. The van der Waals surface area contributed by atoms with E-state index in [1.54, 1.807) is 7.11 Å². The number of hydrogen-bond acceptors (Lipinski definition) is 3. The molecule has 1 aliphatic heterocycles. The Hall–Kier alpha value is -0.130. The van der Waals surface area contributed by atoms with Gasteiger partial charge in [0.2, 0.25) is 10.0 Å². The number of rotatable bonds is 2. The van der Waals surface area contributed by atoms with Crippen molar-refractivity contribution in [3.63, 3.8) is 0 Å². The molecular formula is C8H17NO3S. The average Bonchev–Trinajstić information content (AvgIpc) is 2.04. The van der Waals surface area contributed by atoms with Crippen LogP contribution in [0.5, 0.6) is 0 Å². The molecule has 1 aliphatic rings. The Morgan fingerprint density at radius 2 is 1.77 bits per heavy atom. The van der Waals surface area contributed by atoms with Crippen molar-refractivity contribution in [1.82, 2.24) is 4.31 Å². The van der Waals surface area contributed by atoms with Crippen LogP contribution in [0, 0.1) is 0 Å². The van der Waals surface area contributed by atoms with Gasteiger partial charge < -0.3 is 4.74 Å². The van der Waals surface area contributed by atoms with Crippen LogP contribution in [0.3, 0.4) is 0 Å². The summed E-state index contributed by atoms with van der Waals surface area (Å²) in [6.45, 7) is 3.17. The number of ether oxygens (including phenoxy) is 1. The molecule has 0 aromatic rings.